The Morgan fingerprint density at radius 2 is 2.05 bits per heavy atom. The van der Waals surface area contributed by atoms with Crippen molar-refractivity contribution < 1.29 is 9.50 Å². The van der Waals surface area contributed by atoms with Crippen LogP contribution in [-0.2, 0) is 6.54 Å². The number of H-pyrrole nitrogens is 1. The number of nitrogens with zero attached hydrogens (tertiary/aromatic N) is 1. The van der Waals surface area contributed by atoms with Gasteiger partial charge in [0.05, 0.1) is 0 Å². The predicted molar refractivity (Wildman–Crippen MR) is 81.4 cm³/mol. The third-order valence-corrected chi connectivity index (χ3v) is 4.11. The minimum Gasteiger partial charge on any atom is -0.494 e. The molecule has 1 unspecified atom stereocenters. The van der Waals surface area contributed by atoms with Crippen molar-refractivity contribution in [1.82, 2.24) is 9.55 Å². The van der Waals surface area contributed by atoms with Gasteiger partial charge in [-0.2, -0.15) is 11.8 Å². The molecule has 0 aliphatic carbocycles. The van der Waals surface area contributed by atoms with Crippen molar-refractivity contribution >= 4 is 11.8 Å². The van der Waals surface area contributed by atoms with Gasteiger partial charge in [0.2, 0.25) is 5.88 Å². The number of hydrogen-bond donors (Lipinski definition) is 2. The SMILES string of the molecule is CSC(C)Cn1c(O)c(-c2ccccc2F)c(=O)[nH]c1=O. The molecule has 112 valence electrons. The fourth-order valence-electron chi connectivity index (χ4n) is 1.97. The first-order valence-electron chi connectivity index (χ1n) is 6.29. The zero-order chi connectivity index (χ0) is 15.6. The minimum atomic E-state index is -0.810. The van der Waals surface area contributed by atoms with Gasteiger partial charge in [-0.05, 0) is 12.3 Å². The maximum atomic E-state index is 13.8. The predicted octanol–water partition coefficient (Wildman–Crippen LogP) is 1.80. The smallest absolute Gasteiger partial charge is 0.331 e. The summed E-state index contributed by atoms with van der Waals surface area (Å²) < 4.78 is 14.9. The number of aromatic nitrogens is 2. The Morgan fingerprint density at radius 3 is 2.67 bits per heavy atom. The zero-order valence-corrected chi connectivity index (χ0v) is 12.4. The molecule has 0 saturated carbocycles. The molecule has 0 spiro atoms. The van der Waals surface area contributed by atoms with Crippen molar-refractivity contribution in [3.8, 4) is 17.0 Å². The van der Waals surface area contributed by atoms with Crippen molar-refractivity contribution in [2.24, 2.45) is 0 Å². The molecule has 1 atom stereocenters. The lowest BCUT2D eigenvalue weighted by atomic mass is 10.1. The summed E-state index contributed by atoms with van der Waals surface area (Å²) in [4.78, 5) is 25.9. The summed E-state index contributed by atoms with van der Waals surface area (Å²) in [6.45, 7) is 2.09. The van der Waals surface area contributed by atoms with E-state index in [2.05, 4.69) is 4.98 Å². The number of thioether (sulfide) groups is 1. The van der Waals surface area contributed by atoms with Gasteiger partial charge in [0.25, 0.3) is 5.56 Å². The van der Waals surface area contributed by atoms with Gasteiger partial charge in [0.15, 0.2) is 0 Å². The van der Waals surface area contributed by atoms with Gasteiger partial charge < -0.3 is 5.11 Å². The largest absolute Gasteiger partial charge is 0.494 e. The third-order valence-electron chi connectivity index (χ3n) is 3.16. The molecule has 5 nitrogen and oxygen atoms in total. The molecule has 0 amide bonds. The van der Waals surface area contributed by atoms with Crippen molar-refractivity contribution in [3.63, 3.8) is 0 Å². The lowest BCUT2D eigenvalue weighted by molar-refractivity contribution is 0.402. The van der Waals surface area contributed by atoms with E-state index in [1.165, 1.54) is 30.0 Å². The first-order chi connectivity index (χ1) is 9.95. The van der Waals surface area contributed by atoms with Crippen LogP contribution in [-0.4, -0.2) is 26.2 Å². The van der Waals surface area contributed by atoms with Gasteiger partial charge in [0.1, 0.15) is 11.4 Å². The van der Waals surface area contributed by atoms with E-state index >= 15 is 0 Å². The number of nitrogens with one attached hydrogen (secondary N) is 1. The van der Waals surface area contributed by atoms with E-state index in [9.17, 15) is 19.1 Å². The van der Waals surface area contributed by atoms with Crippen LogP contribution in [0.15, 0.2) is 33.9 Å². The molecule has 0 bridgehead atoms. The molecule has 0 aliphatic heterocycles. The molecule has 0 saturated heterocycles. The van der Waals surface area contributed by atoms with Crippen molar-refractivity contribution in [3.05, 3.63) is 50.9 Å². The second kappa shape index (κ2) is 6.17. The lowest BCUT2D eigenvalue weighted by Crippen LogP contribution is -2.33. The standard InChI is InChI=1S/C14H15FN2O3S/c1-8(21-2)7-17-13(19)11(12(18)16-14(17)20)9-5-3-4-6-10(9)15/h3-6,8,19H,7H2,1-2H3,(H,16,18,20). The van der Waals surface area contributed by atoms with Gasteiger partial charge in [-0.15, -0.1) is 0 Å². The number of rotatable bonds is 4. The van der Waals surface area contributed by atoms with E-state index in [0.29, 0.717) is 0 Å². The van der Waals surface area contributed by atoms with Crippen LogP contribution < -0.4 is 11.2 Å². The molecule has 0 radical (unpaired) electrons. The second-order valence-electron chi connectivity index (χ2n) is 4.59. The average molecular weight is 310 g/mol. The summed E-state index contributed by atoms with van der Waals surface area (Å²) in [6, 6.07) is 5.60. The Kier molecular flexibility index (Phi) is 4.52. The van der Waals surface area contributed by atoms with E-state index in [1.807, 2.05) is 13.2 Å². The average Bonchev–Trinajstić information content (AvgIpc) is 2.45. The number of aromatic amines is 1. The first-order valence-corrected chi connectivity index (χ1v) is 7.58. The highest BCUT2D eigenvalue weighted by Gasteiger charge is 2.19. The highest BCUT2D eigenvalue weighted by Crippen LogP contribution is 2.26. The van der Waals surface area contributed by atoms with E-state index in [1.54, 1.807) is 6.07 Å². The summed E-state index contributed by atoms with van der Waals surface area (Å²) in [6.07, 6.45) is 1.87. The van der Waals surface area contributed by atoms with Crippen LogP contribution in [0.5, 0.6) is 5.88 Å². The molecule has 1 heterocycles. The Labute approximate surface area is 124 Å². The van der Waals surface area contributed by atoms with Crippen LogP contribution in [0.1, 0.15) is 6.92 Å². The molecular formula is C14H15FN2O3S. The van der Waals surface area contributed by atoms with E-state index < -0.39 is 22.9 Å². The quantitative estimate of drug-likeness (QED) is 0.903. The highest BCUT2D eigenvalue weighted by molar-refractivity contribution is 7.99. The molecule has 7 heteroatoms. The zero-order valence-electron chi connectivity index (χ0n) is 11.6. The van der Waals surface area contributed by atoms with Gasteiger partial charge >= 0.3 is 5.69 Å². The van der Waals surface area contributed by atoms with Crippen LogP contribution in [0, 0.1) is 5.82 Å². The van der Waals surface area contributed by atoms with Crippen LogP contribution in [0.2, 0.25) is 0 Å². The van der Waals surface area contributed by atoms with Gasteiger partial charge in [0, 0.05) is 17.4 Å². The van der Waals surface area contributed by atoms with Crippen LogP contribution in [0.3, 0.4) is 0 Å². The van der Waals surface area contributed by atoms with Gasteiger partial charge in [-0.3, -0.25) is 14.3 Å². The summed E-state index contributed by atoms with van der Waals surface area (Å²) >= 11 is 1.51. The van der Waals surface area contributed by atoms with Gasteiger partial charge in [-0.1, -0.05) is 25.1 Å². The van der Waals surface area contributed by atoms with Gasteiger partial charge in [-0.25, -0.2) is 9.18 Å². The topological polar surface area (TPSA) is 75.1 Å². The minimum absolute atomic E-state index is 0.0400. The molecule has 2 N–H and O–H groups in total. The summed E-state index contributed by atoms with van der Waals surface area (Å²) in [5.74, 6) is -1.16. The Hall–Kier alpha value is -2.02. The van der Waals surface area contributed by atoms with Crippen molar-refractivity contribution in [2.75, 3.05) is 6.26 Å². The highest BCUT2D eigenvalue weighted by atomic mass is 32.2. The Bertz CT molecular complexity index is 770. The summed E-state index contributed by atoms with van der Waals surface area (Å²) in [7, 11) is 0. The normalized spacial score (nSPS) is 12.3. The molecule has 0 fully saturated rings. The molecule has 1 aromatic heterocycles. The number of aromatic hydroxyl groups is 1. The van der Waals surface area contributed by atoms with E-state index in [4.69, 9.17) is 0 Å². The van der Waals surface area contributed by atoms with E-state index in [0.717, 1.165) is 4.57 Å². The van der Waals surface area contributed by atoms with Crippen molar-refractivity contribution in [1.29, 1.82) is 0 Å². The third kappa shape index (κ3) is 3.02. The Balaban J connectivity index is 2.68. The molecule has 1 aromatic carbocycles. The molecular weight excluding hydrogens is 295 g/mol. The molecule has 21 heavy (non-hydrogen) atoms. The van der Waals surface area contributed by atoms with Crippen LogP contribution in [0.25, 0.3) is 11.1 Å². The molecule has 2 rings (SSSR count). The first kappa shape index (κ1) is 15.4. The number of hydrogen-bond acceptors (Lipinski definition) is 4. The fraction of sp³-hybridized carbons (Fsp3) is 0.286. The fourth-order valence-corrected chi connectivity index (χ4v) is 2.27. The number of benzene rings is 1. The summed E-state index contributed by atoms with van der Waals surface area (Å²) in [5, 5.41) is 10.3. The van der Waals surface area contributed by atoms with Crippen molar-refractivity contribution in [2.45, 2.75) is 18.7 Å². The van der Waals surface area contributed by atoms with Crippen LogP contribution in [0.4, 0.5) is 4.39 Å². The molecule has 0 aliphatic rings. The molecule has 2 aromatic rings. The van der Waals surface area contributed by atoms with Crippen LogP contribution >= 0.6 is 11.8 Å². The maximum Gasteiger partial charge on any atom is 0.331 e. The number of halogens is 1. The maximum absolute atomic E-state index is 13.8. The lowest BCUT2D eigenvalue weighted by Gasteiger charge is -2.14. The second-order valence-corrected chi connectivity index (χ2v) is 5.87. The Morgan fingerprint density at radius 1 is 1.38 bits per heavy atom. The monoisotopic (exact) mass is 310 g/mol. The van der Waals surface area contributed by atoms with E-state index in [-0.39, 0.29) is 22.9 Å². The summed E-state index contributed by atoms with van der Waals surface area (Å²) in [5.41, 5.74) is -1.79.